The molecule has 1 aromatic rings. The molecule has 1 aliphatic carbocycles. The van der Waals surface area contributed by atoms with E-state index in [9.17, 15) is 4.79 Å². The van der Waals surface area contributed by atoms with Crippen molar-refractivity contribution in [3.05, 3.63) is 21.9 Å². The molecule has 1 aromatic heterocycles. The highest BCUT2D eigenvalue weighted by Gasteiger charge is 2.24. The minimum Gasteiger partial charge on any atom is -0.349 e. The molecule has 3 heteroatoms. The third-order valence-electron chi connectivity index (χ3n) is 1.98. The summed E-state index contributed by atoms with van der Waals surface area (Å²) >= 11 is 1.52. The van der Waals surface area contributed by atoms with E-state index in [4.69, 9.17) is 0 Å². The first-order chi connectivity index (χ1) is 5.77. The van der Waals surface area contributed by atoms with Crippen LogP contribution in [0.1, 0.15) is 28.1 Å². The second-order valence-electron chi connectivity index (χ2n) is 3.18. The zero-order valence-corrected chi connectivity index (χ0v) is 7.78. The van der Waals surface area contributed by atoms with E-state index in [0.717, 1.165) is 23.3 Å². The van der Waals surface area contributed by atoms with E-state index in [-0.39, 0.29) is 5.91 Å². The SMILES string of the molecule is Cc1ccsc1C(=O)NC1CC1. The van der Waals surface area contributed by atoms with Crippen LogP contribution in [-0.2, 0) is 0 Å². The highest BCUT2D eigenvalue weighted by atomic mass is 32.1. The molecule has 0 saturated heterocycles. The van der Waals surface area contributed by atoms with Crippen LogP contribution in [0, 0.1) is 6.92 Å². The van der Waals surface area contributed by atoms with Crippen LogP contribution in [0.2, 0.25) is 0 Å². The molecule has 0 aromatic carbocycles. The Morgan fingerprint density at radius 1 is 1.67 bits per heavy atom. The van der Waals surface area contributed by atoms with Crippen LogP contribution in [0.5, 0.6) is 0 Å². The van der Waals surface area contributed by atoms with Gasteiger partial charge in [-0.2, -0.15) is 0 Å². The van der Waals surface area contributed by atoms with Crippen LogP contribution in [0.3, 0.4) is 0 Å². The number of hydrogen-bond donors (Lipinski definition) is 1. The fraction of sp³-hybridized carbons (Fsp3) is 0.444. The molecule has 0 radical (unpaired) electrons. The molecule has 1 N–H and O–H groups in total. The lowest BCUT2D eigenvalue weighted by Crippen LogP contribution is -2.24. The van der Waals surface area contributed by atoms with E-state index in [1.165, 1.54) is 11.3 Å². The lowest BCUT2D eigenvalue weighted by molar-refractivity contribution is 0.0954. The van der Waals surface area contributed by atoms with Crippen molar-refractivity contribution >= 4 is 17.2 Å². The number of aryl methyl sites for hydroxylation is 1. The lowest BCUT2D eigenvalue weighted by Gasteiger charge is -2.00. The Kier molecular flexibility index (Phi) is 1.89. The van der Waals surface area contributed by atoms with Gasteiger partial charge in [-0.05, 0) is 36.8 Å². The Morgan fingerprint density at radius 2 is 2.42 bits per heavy atom. The highest BCUT2D eigenvalue weighted by Crippen LogP contribution is 2.21. The van der Waals surface area contributed by atoms with Gasteiger partial charge < -0.3 is 5.32 Å². The molecule has 1 amide bonds. The van der Waals surface area contributed by atoms with Crippen molar-refractivity contribution in [2.45, 2.75) is 25.8 Å². The van der Waals surface area contributed by atoms with Crippen LogP contribution in [-0.4, -0.2) is 11.9 Å². The zero-order chi connectivity index (χ0) is 8.55. The molecule has 2 nitrogen and oxygen atoms in total. The number of carbonyl (C=O) groups excluding carboxylic acids is 1. The standard InChI is InChI=1S/C9H11NOS/c1-6-4-5-12-8(6)9(11)10-7-2-3-7/h4-5,7H,2-3H2,1H3,(H,10,11). The first-order valence-electron chi connectivity index (χ1n) is 4.12. The van der Waals surface area contributed by atoms with Crippen LogP contribution in [0.4, 0.5) is 0 Å². The van der Waals surface area contributed by atoms with Crippen molar-refractivity contribution in [2.24, 2.45) is 0 Å². The Bertz CT molecular complexity index is 301. The van der Waals surface area contributed by atoms with Crippen molar-refractivity contribution in [1.82, 2.24) is 5.32 Å². The van der Waals surface area contributed by atoms with Gasteiger partial charge in [-0.15, -0.1) is 11.3 Å². The summed E-state index contributed by atoms with van der Waals surface area (Å²) in [6.07, 6.45) is 2.30. The maximum absolute atomic E-state index is 11.5. The molecule has 1 fully saturated rings. The van der Waals surface area contributed by atoms with Crippen LogP contribution < -0.4 is 5.32 Å². The number of amides is 1. The van der Waals surface area contributed by atoms with Crippen molar-refractivity contribution in [3.8, 4) is 0 Å². The van der Waals surface area contributed by atoms with Gasteiger partial charge in [-0.3, -0.25) is 4.79 Å². The van der Waals surface area contributed by atoms with Gasteiger partial charge in [0.1, 0.15) is 0 Å². The minimum atomic E-state index is 0.102. The minimum absolute atomic E-state index is 0.102. The molecular formula is C9H11NOS. The fourth-order valence-electron chi connectivity index (χ4n) is 1.08. The number of nitrogens with one attached hydrogen (secondary N) is 1. The van der Waals surface area contributed by atoms with E-state index >= 15 is 0 Å². The number of thiophene rings is 1. The average Bonchev–Trinajstić information content (AvgIpc) is 2.72. The quantitative estimate of drug-likeness (QED) is 0.742. The van der Waals surface area contributed by atoms with Gasteiger partial charge in [0.25, 0.3) is 5.91 Å². The Hall–Kier alpha value is -0.830. The van der Waals surface area contributed by atoms with Gasteiger partial charge in [0.2, 0.25) is 0 Å². The molecular weight excluding hydrogens is 170 g/mol. The number of hydrogen-bond acceptors (Lipinski definition) is 2. The summed E-state index contributed by atoms with van der Waals surface area (Å²) in [6, 6.07) is 2.44. The van der Waals surface area contributed by atoms with Crippen molar-refractivity contribution in [3.63, 3.8) is 0 Å². The molecule has 1 saturated carbocycles. The van der Waals surface area contributed by atoms with E-state index in [1.807, 2.05) is 18.4 Å². The van der Waals surface area contributed by atoms with Gasteiger partial charge >= 0.3 is 0 Å². The molecule has 0 bridgehead atoms. The molecule has 12 heavy (non-hydrogen) atoms. The van der Waals surface area contributed by atoms with E-state index in [2.05, 4.69) is 5.32 Å². The summed E-state index contributed by atoms with van der Waals surface area (Å²) in [5, 5.41) is 4.92. The van der Waals surface area contributed by atoms with Gasteiger partial charge in [0.05, 0.1) is 4.88 Å². The van der Waals surface area contributed by atoms with Gasteiger partial charge in [-0.25, -0.2) is 0 Å². The fourth-order valence-corrected chi connectivity index (χ4v) is 1.91. The van der Waals surface area contributed by atoms with Gasteiger partial charge in [-0.1, -0.05) is 0 Å². The van der Waals surface area contributed by atoms with E-state index in [0.29, 0.717) is 6.04 Å². The number of rotatable bonds is 2. The first kappa shape index (κ1) is 7.80. The largest absolute Gasteiger partial charge is 0.349 e. The predicted molar refractivity (Wildman–Crippen MR) is 49.5 cm³/mol. The van der Waals surface area contributed by atoms with Gasteiger partial charge in [0, 0.05) is 6.04 Å². The van der Waals surface area contributed by atoms with Crippen LogP contribution >= 0.6 is 11.3 Å². The van der Waals surface area contributed by atoms with Crippen LogP contribution in [0.25, 0.3) is 0 Å². The van der Waals surface area contributed by atoms with Crippen molar-refractivity contribution in [2.75, 3.05) is 0 Å². The molecule has 2 rings (SSSR count). The summed E-state index contributed by atoms with van der Waals surface area (Å²) in [5.41, 5.74) is 1.08. The molecule has 1 heterocycles. The number of carbonyl (C=O) groups is 1. The van der Waals surface area contributed by atoms with Crippen molar-refractivity contribution < 1.29 is 4.79 Å². The normalized spacial score (nSPS) is 16.1. The smallest absolute Gasteiger partial charge is 0.261 e. The third kappa shape index (κ3) is 1.50. The molecule has 0 unspecified atom stereocenters. The molecule has 0 aliphatic heterocycles. The zero-order valence-electron chi connectivity index (χ0n) is 6.96. The summed E-state index contributed by atoms with van der Waals surface area (Å²) < 4.78 is 0. The second-order valence-corrected chi connectivity index (χ2v) is 4.10. The Labute approximate surface area is 75.6 Å². The summed E-state index contributed by atoms with van der Waals surface area (Å²) in [5.74, 6) is 0.102. The molecule has 0 atom stereocenters. The molecule has 0 spiro atoms. The molecule has 1 aliphatic rings. The maximum atomic E-state index is 11.5. The Balaban J connectivity index is 2.07. The summed E-state index contributed by atoms with van der Waals surface area (Å²) in [7, 11) is 0. The van der Waals surface area contributed by atoms with E-state index in [1.54, 1.807) is 0 Å². The third-order valence-corrected chi connectivity index (χ3v) is 3.00. The predicted octanol–water partition coefficient (Wildman–Crippen LogP) is 1.95. The van der Waals surface area contributed by atoms with E-state index < -0.39 is 0 Å². The lowest BCUT2D eigenvalue weighted by atomic mass is 10.3. The highest BCUT2D eigenvalue weighted by molar-refractivity contribution is 7.12. The Morgan fingerprint density at radius 3 is 2.92 bits per heavy atom. The van der Waals surface area contributed by atoms with Gasteiger partial charge in [0.15, 0.2) is 0 Å². The monoisotopic (exact) mass is 181 g/mol. The summed E-state index contributed by atoms with van der Waals surface area (Å²) in [4.78, 5) is 12.3. The topological polar surface area (TPSA) is 29.1 Å². The summed E-state index contributed by atoms with van der Waals surface area (Å²) in [6.45, 7) is 1.97. The maximum Gasteiger partial charge on any atom is 0.261 e. The van der Waals surface area contributed by atoms with Crippen molar-refractivity contribution in [1.29, 1.82) is 0 Å². The average molecular weight is 181 g/mol. The van der Waals surface area contributed by atoms with Crippen LogP contribution in [0.15, 0.2) is 11.4 Å². The second kappa shape index (κ2) is 2.90. The first-order valence-corrected chi connectivity index (χ1v) is 5.00. The molecule has 64 valence electrons.